The van der Waals surface area contributed by atoms with E-state index in [1.165, 1.54) is 0 Å². The lowest BCUT2D eigenvalue weighted by atomic mass is 10.4. The number of rotatable bonds is 6. The first-order valence-corrected chi connectivity index (χ1v) is 5.64. The third kappa shape index (κ3) is 4.67. The van der Waals surface area contributed by atoms with Gasteiger partial charge in [0.05, 0.1) is 6.61 Å². The lowest BCUT2D eigenvalue weighted by Crippen LogP contribution is -2.17. The molecular formula is C11H18N4O2. The van der Waals surface area contributed by atoms with Crippen LogP contribution in [0.3, 0.4) is 0 Å². The van der Waals surface area contributed by atoms with E-state index in [0.29, 0.717) is 18.2 Å². The fourth-order valence-corrected chi connectivity index (χ4v) is 1.30. The van der Waals surface area contributed by atoms with Gasteiger partial charge in [0, 0.05) is 12.6 Å². The molecule has 17 heavy (non-hydrogen) atoms. The fraction of sp³-hybridized carbons (Fsp3) is 0.545. The van der Waals surface area contributed by atoms with Crippen molar-refractivity contribution in [3.63, 3.8) is 0 Å². The van der Waals surface area contributed by atoms with Crippen LogP contribution >= 0.6 is 0 Å². The Morgan fingerprint density at radius 2 is 1.94 bits per heavy atom. The van der Waals surface area contributed by atoms with E-state index in [1.54, 1.807) is 19.9 Å². The molecule has 0 amide bonds. The van der Waals surface area contributed by atoms with E-state index >= 15 is 0 Å². The van der Waals surface area contributed by atoms with Crippen molar-refractivity contribution in [3.05, 3.63) is 11.9 Å². The van der Waals surface area contributed by atoms with Crippen LogP contribution in [-0.4, -0.2) is 35.6 Å². The maximum atomic E-state index is 11.2. The molecule has 0 atom stereocenters. The second-order valence-electron chi connectivity index (χ2n) is 3.37. The van der Waals surface area contributed by atoms with Crippen LogP contribution in [0.4, 0.5) is 11.6 Å². The summed E-state index contributed by atoms with van der Waals surface area (Å²) in [4.78, 5) is 19.6. The smallest absolute Gasteiger partial charge is 0.325 e. The van der Waals surface area contributed by atoms with Gasteiger partial charge in [-0.1, -0.05) is 0 Å². The first-order valence-electron chi connectivity index (χ1n) is 5.64. The highest BCUT2D eigenvalue weighted by molar-refractivity contribution is 5.74. The van der Waals surface area contributed by atoms with Crippen LogP contribution in [0.25, 0.3) is 0 Å². The van der Waals surface area contributed by atoms with Crippen molar-refractivity contribution in [2.24, 2.45) is 0 Å². The Balaban J connectivity index is 2.61. The van der Waals surface area contributed by atoms with Crippen LogP contribution in [-0.2, 0) is 9.53 Å². The second-order valence-corrected chi connectivity index (χ2v) is 3.37. The molecule has 0 spiro atoms. The number of nitrogens with zero attached hydrogens (tertiary/aromatic N) is 2. The van der Waals surface area contributed by atoms with Gasteiger partial charge in [0.15, 0.2) is 0 Å². The Morgan fingerprint density at radius 3 is 2.53 bits per heavy atom. The molecule has 6 nitrogen and oxygen atoms in total. The average molecular weight is 238 g/mol. The molecule has 0 radical (unpaired) electrons. The Labute approximate surface area is 101 Å². The largest absolute Gasteiger partial charge is 0.465 e. The van der Waals surface area contributed by atoms with Crippen molar-refractivity contribution in [1.29, 1.82) is 0 Å². The van der Waals surface area contributed by atoms with Gasteiger partial charge in [-0.05, 0) is 20.8 Å². The fourth-order valence-electron chi connectivity index (χ4n) is 1.30. The van der Waals surface area contributed by atoms with Gasteiger partial charge in [0.2, 0.25) is 0 Å². The van der Waals surface area contributed by atoms with Crippen LogP contribution in [0, 0.1) is 6.92 Å². The zero-order valence-electron chi connectivity index (χ0n) is 10.4. The molecule has 2 N–H and O–H groups in total. The number of carbonyl (C=O) groups excluding carboxylic acids is 1. The predicted octanol–water partition coefficient (Wildman–Crippen LogP) is 1.19. The Hall–Kier alpha value is -1.85. The van der Waals surface area contributed by atoms with Gasteiger partial charge in [-0.2, -0.15) is 0 Å². The zero-order chi connectivity index (χ0) is 12.7. The van der Waals surface area contributed by atoms with Crippen LogP contribution in [0.15, 0.2) is 6.07 Å². The van der Waals surface area contributed by atoms with E-state index in [9.17, 15) is 4.79 Å². The number of ether oxygens (including phenoxy) is 1. The third-order valence-corrected chi connectivity index (χ3v) is 1.92. The minimum atomic E-state index is -0.297. The van der Waals surface area contributed by atoms with E-state index in [2.05, 4.69) is 20.6 Å². The molecule has 0 aromatic carbocycles. The number of nitrogens with one attached hydrogen (secondary N) is 2. The molecule has 0 fully saturated rings. The lowest BCUT2D eigenvalue weighted by Gasteiger charge is -2.08. The summed E-state index contributed by atoms with van der Waals surface area (Å²) in [5.74, 6) is 1.71. The summed E-state index contributed by atoms with van der Waals surface area (Å²) in [5.41, 5.74) is 0. The quantitative estimate of drug-likeness (QED) is 0.725. The van der Waals surface area contributed by atoms with E-state index in [-0.39, 0.29) is 12.5 Å². The predicted molar refractivity (Wildman–Crippen MR) is 66.1 cm³/mol. The number of aromatic nitrogens is 2. The van der Waals surface area contributed by atoms with Gasteiger partial charge in [-0.25, -0.2) is 9.97 Å². The second kappa shape index (κ2) is 6.67. The van der Waals surface area contributed by atoms with E-state index < -0.39 is 0 Å². The molecule has 0 saturated carbocycles. The zero-order valence-corrected chi connectivity index (χ0v) is 10.4. The van der Waals surface area contributed by atoms with Crippen molar-refractivity contribution >= 4 is 17.6 Å². The van der Waals surface area contributed by atoms with Gasteiger partial charge >= 0.3 is 5.97 Å². The minimum Gasteiger partial charge on any atom is -0.465 e. The summed E-state index contributed by atoms with van der Waals surface area (Å²) >= 11 is 0. The summed E-state index contributed by atoms with van der Waals surface area (Å²) < 4.78 is 4.81. The molecule has 1 aromatic heterocycles. The molecular weight excluding hydrogens is 220 g/mol. The number of anilines is 2. The van der Waals surface area contributed by atoms with Gasteiger partial charge < -0.3 is 15.4 Å². The monoisotopic (exact) mass is 238 g/mol. The number of esters is 1. The van der Waals surface area contributed by atoms with E-state index in [4.69, 9.17) is 4.74 Å². The summed E-state index contributed by atoms with van der Waals surface area (Å²) in [6.07, 6.45) is 0. The maximum Gasteiger partial charge on any atom is 0.325 e. The molecule has 1 rings (SSSR count). The van der Waals surface area contributed by atoms with Crippen LogP contribution in [0.1, 0.15) is 19.7 Å². The van der Waals surface area contributed by atoms with E-state index in [0.717, 1.165) is 12.4 Å². The number of hydrogen-bond donors (Lipinski definition) is 2. The van der Waals surface area contributed by atoms with Crippen molar-refractivity contribution in [2.45, 2.75) is 20.8 Å². The topological polar surface area (TPSA) is 76.1 Å². The number of carbonyl (C=O) groups is 1. The molecule has 0 aliphatic heterocycles. The molecule has 6 heteroatoms. The Kier molecular flexibility index (Phi) is 5.19. The minimum absolute atomic E-state index is 0.107. The molecule has 0 unspecified atom stereocenters. The van der Waals surface area contributed by atoms with Crippen LogP contribution < -0.4 is 10.6 Å². The van der Waals surface area contributed by atoms with Crippen molar-refractivity contribution < 1.29 is 9.53 Å². The van der Waals surface area contributed by atoms with Crippen molar-refractivity contribution in [1.82, 2.24) is 9.97 Å². The standard InChI is InChI=1S/C11H18N4O2/c1-4-12-9-6-10(15-8(3)14-9)13-7-11(16)17-5-2/h6H,4-5,7H2,1-3H3,(H2,12,13,14,15). The average Bonchev–Trinajstić information content (AvgIpc) is 2.26. The highest BCUT2D eigenvalue weighted by Crippen LogP contribution is 2.10. The van der Waals surface area contributed by atoms with Crippen LogP contribution in [0.5, 0.6) is 0 Å². The summed E-state index contributed by atoms with van der Waals surface area (Å²) in [6.45, 7) is 6.84. The molecule has 0 aliphatic carbocycles. The number of aryl methyl sites for hydroxylation is 1. The highest BCUT2D eigenvalue weighted by Gasteiger charge is 2.04. The number of hydrogen-bond acceptors (Lipinski definition) is 6. The van der Waals surface area contributed by atoms with Gasteiger partial charge in [-0.15, -0.1) is 0 Å². The van der Waals surface area contributed by atoms with Crippen molar-refractivity contribution in [3.8, 4) is 0 Å². The van der Waals surface area contributed by atoms with Gasteiger partial charge in [-0.3, -0.25) is 4.79 Å². The van der Waals surface area contributed by atoms with Gasteiger partial charge in [0.25, 0.3) is 0 Å². The molecule has 1 heterocycles. The normalized spacial score (nSPS) is 9.82. The highest BCUT2D eigenvalue weighted by atomic mass is 16.5. The summed E-state index contributed by atoms with van der Waals surface area (Å²) in [7, 11) is 0. The third-order valence-electron chi connectivity index (χ3n) is 1.92. The maximum absolute atomic E-state index is 11.2. The van der Waals surface area contributed by atoms with Crippen LogP contribution in [0.2, 0.25) is 0 Å². The van der Waals surface area contributed by atoms with E-state index in [1.807, 2.05) is 6.92 Å². The Bertz CT molecular complexity index is 382. The first kappa shape index (κ1) is 13.2. The molecule has 0 bridgehead atoms. The molecule has 94 valence electrons. The van der Waals surface area contributed by atoms with Crippen molar-refractivity contribution in [2.75, 3.05) is 30.3 Å². The van der Waals surface area contributed by atoms with Gasteiger partial charge in [0.1, 0.15) is 24.0 Å². The molecule has 0 saturated heterocycles. The molecule has 0 aliphatic rings. The first-order chi connectivity index (χ1) is 8.15. The lowest BCUT2D eigenvalue weighted by molar-refractivity contribution is -0.140. The summed E-state index contributed by atoms with van der Waals surface area (Å²) in [6, 6.07) is 1.76. The SMILES string of the molecule is CCNc1cc(NCC(=O)OCC)nc(C)n1. The summed E-state index contributed by atoms with van der Waals surface area (Å²) in [5, 5.41) is 6.00. The molecule has 1 aromatic rings. The Morgan fingerprint density at radius 1 is 1.29 bits per heavy atom.